The third-order valence-corrected chi connectivity index (χ3v) is 3.85. The Morgan fingerprint density at radius 2 is 2.12 bits per heavy atom. The average molecular weight is 332 g/mol. The van der Waals surface area contributed by atoms with Crippen LogP contribution in [0.1, 0.15) is 43.5 Å². The molecule has 6 heteroatoms. The molecule has 1 heterocycles. The first-order valence-electron chi connectivity index (χ1n) is 8.31. The van der Waals surface area contributed by atoms with Crippen molar-refractivity contribution < 1.29 is 19.1 Å². The predicted molar refractivity (Wildman–Crippen MR) is 90.8 cm³/mol. The molecule has 1 fully saturated rings. The summed E-state index contributed by atoms with van der Waals surface area (Å²) in [5, 5.41) is 2.71. The van der Waals surface area contributed by atoms with Gasteiger partial charge in [-0.25, -0.2) is 4.79 Å². The summed E-state index contributed by atoms with van der Waals surface area (Å²) in [5.74, 6) is -0.314. The number of benzene rings is 1. The Labute approximate surface area is 142 Å². The Hall–Kier alpha value is -2.37. The topological polar surface area (TPSA) is 75.7 Å². The van der Waals surface area contributed by atoms with Crippen molar-refractivity contribution in [2.45, 2.75) is 33.1 Å². The molecule has 1 N–H and O–H groups in total. The summed E-state index contributed by atoms with van der Waals surface area (Å²) in [6.07, 6.45) is 2.24. The minimum atomic E-state index is -0.567. The number of hydrogen-bond donors (Lipinski definition) is 1. The summed E-state index contributed by atoms with van der Waals surface area (Å²) in [7, 11) is 0. The van der Waals surface area contributed by atoms with Gasteiger partial charge < -0.3 is 15.0 Å². The predicted octanol–water partition coefficient (Wildman–Crippen LogP) is 2.13. The molecule has 0 unspecified atom stereocenters. The van der Waals surface area contributed by atoms with E-state index in [0.29, 0.717) is 36.7 Å². The van der Waals surface area contributed by atoms with Crippen LogP contribution in [-0.2, 0) is 14.3 Å². The minimum Gasteiger partial charge on any atom is -0.452 e. The van der Waals surface area contributed by atoms with Crippen LogP contribution in [0.5, 0.6) is 0 Å². The lowest BCUT2D eigenvalue weighted by Crippen LogP contribution is -2.30. The number of hydrogen-bond acceptors (Lipinski definition) is 4. The van der Waals surface area contributed by atoms with Gasteiger partial charge in [0.2, 0.25) is 5.91 Å². The molecule has 1 aliphatic heterocycles. The Bertz CT molecular complexity index is 613. The minimum absolute atomic E-state index is 0.0602. The van der Waals surface area contributed by atoms with Crippen LogP contribution in [0.25, 0.3) is 0 Å². The number of anilines is 1. The zero-order chi connectivity index (χ0) is 17.5. The summed E-state index contributed by atoms with van der Waals surface area (Å²) >= 11 is 0. The molecule has 0 bridgehead atoms. The van der Waals surface area contributed by atoms with Crippen LogP contribution < -0.4 is 10.2 Å². The molecule has 1 aliphatic rings. The molecular formula is C18H24N2O4. The maximum Gasteiger partial charge on any atom is 0.338 e. The maximum atomic E-state index is 12.1. The van der Waals surface area contributed by atoms with Gasteiger partial charge in [0.1, 0.15) is 0 Å². The van der Waals surface area contributed by atoms with Crippen LogP contribution in [0.4, 0.5) is 5.69 Å². The van der Waals surface area contributed by atoms with E-state index in [1.54, 1.807) is 29.2 Å². The number of carbonyl (C=O) groups excluding carboxylic acids is 3. The normalized spacial score (nSPS) is 14.1. The molecule has 24 heavy (non-hydrogen) atoms. The number of esters is 1. The highest BCUT2D eigenvalue weighted by Gasteiger charge is 2.22. The van der Waals surface area contributed by atoms with E-state index < -0.39 is 5.97 Å². The summed E-state index contributed by atoms with van der Waals surface area (Å²) in [4.78, 5) is 37.2. The van der Waals surface area contributed by atoms with Gasteiger partial charge in [-0.15, -0.1) is 0 Å². The molecule has 0 atom stereocenters. The highest BCUT2D eigenvalue weighted by Crippen LogP contribution is 2.22. The van der Waals surface area contributed by atoms with E-state index in [0.717, 1.165) is 12.8 Å². The Balaban J connectivity index is 1.86. The Morgan fingerprint density at radius 3 is 2.79 bits per heavy atom. The van der Waals surface area contributed by atoms with E-state index in [1.807, 2.05) is 0 Å². The summed E-state index contributed by atoms with van der Waals surface area (Å²) in [6.45, 7) is 5.08. The quantitative estimate of drug-likeness (QED) is 0.776. The van der Waals surface area contributed by atoms with Crippen molar-refractivity contribution in [2.24, 2.45) is 5.92 Å². The first-order chi connectivity index (χ1) is 11.5. The second kappa shape index (κ2) is 8.47. The number of nitrogens with zero attached hydrogens (tertiary/aromatic N) is 1. The van der Waals surface area contributed by atoms with E-state index in [9.17, 15) is 14.4 Å². The fourth-order valence-corrected chi connectivity index (χ4v) is 2.49. The van der Waals surface area contributed by atoms with Crippen molar-refractivity contribution in [2.75, 3.05) is 24.6 Å². The van der Waals surface area contributed by atoms with E-state index in [4.69, 9.17) is 4.74 Å². The molecule has 0 radical (unpaired) electrons. The Kier molecular flexibility index (Phi) is 6.35. The standard InChI is InChI=1S/C18H24N2O4/c1-13(2)8-9-19-16(21)12-24-18(23)14-5-3-6-15(11-14)20-10-4-7-17(20)22/h3,5-6,11,13H,4,7-10,12H2,1-2H3,(H,19,21). The van der Waals surface area contributed by atoms with E-state index in [-0.39, 0.29) is 18.4 Å². The van der Waals surface area contributed by atoms with Crippen molar-refractivity contribution in [1.29, 1.82) is 0 Å². The first kappa shape index (κ1) is 18.0. The van der Waals surface area contributed by atoms with Crippen LogP contribution in [0, 0.1) is 5.92 Å². The van der Waals surface area contributed by atoms with Crippen LogP contribution in [0.2, 0.25) is 0 Å². The number of rotatable bonds is 7. The van der Waals surface area contributed by atoms with E-state index in [2.05, 4.69) is 19.2 Å². The van der Waals surface area contributed by atoms with Gasteiger partial charge in [0.15, 0.2) is 6.61 Å². The number of nitrogens with one attached hydrogen (secondary N) is 1. The van der Waals surface area contributed by atoms with Crippen molar-refractivity contribution in [3.8, 4) is 0 Å². The van der Waals surface area contributed by atoms with Crippen molar-refractivity contribution in [1.82, 2.24) is 5.32 Å². The lowest BCUT2D eigenvalue weighted by molar-refractivity contribution is -0.124. The number of carbonyl (C=O) groups is 3. The molecule has 0 aromatic heterocycles. The zero-order valence-electron chi connectivity index (χ0n) is 14.2. The highest BCUT2D eigenvalue weighted by molar-refractivity contribution is 5.97. The molecule has 1 aromatic rings. The molecule has 1 saturated heterocycles. The van der Waals surface area contributed by atoms with Crippen LogP contribution in [-0.4, -0.2) is 37.5 Å². The van der Waals surface area contributed by atoms with Gasteiger partial charge in [-0.05, 0) is 37.0 Å². The summed E-state index contributed by atoms with van der Waals surface area (Å²) < 4.78 is 5.04. The fraction of sp³-hybridized carbons (Fsp3) is 0.500. The first-order valence-corrected chi connectivity index (χ1v) is 8.31. The summed E-state index contributed by atoms with van der Waals surface area (Å²) in [5.41, 5.74) is 1.02. The van der Waals surface area contributed by atoms with Gasteiger partial charge >= 0.3 is 5.97 Å². The molecular weight excluding hydrogens is 308 g/mol. The largest absolute Gasteiger partial charge is 0.452 e. The highest BCUT2D eigenvalue weighted by atomic mass is 16.5. The maximum absolute atomic E-state index is 12.1. The van der Waals surface area contributed by atoms with Crippen LogP contribution in [0.15, 0.2) is 24.3 Å². The van der Waals surface area contributed by atoms with Gasteiger partial charge in [-0.2, -0.15) is 0 Å². The number of amides is 2. The molecule has 2 amide bonds. The van der Waals surface area contributed by atoms with Crippen molar-refractivity contribution in [3.05, 3.63) is 29.8 Å². The van der Waals surface area contributed by atoms with Gasteiger partial charge in [0, 0.05) is 25.2 Å². The SMILES string of the molecule is CC(C)CCNC(=O)COC(=O)c1cccc(N2CCCC2=O)c1. The molecule has 0 aliphatic carbocycles. The smallest absolute Gasteiger partial charge is 0.338 e. The average Bonchev–Trinajstić information content (AvgIpc) is 2.98. The Morgan fingerprint density at radius 1 is 1.33 bits per heavy atom. The van der Waals surface area contributed by atoms with E-state index in [1.165, 1.54) is 0 Å². The fourth-order valence-electron chi connectivity index (χ4n) is 2.49. The second-order valence-electron chi connectivity index (χ2n) is 6.31. The second-order valence-corrected chi connectivity index (χ2v) is 6.31. The molecule has 130 valence electrons. The lowest BCUT2D eigenvalue weighted by atomic mass is 10.1. The van der Waals surface area contributed by atoms with Gasteiger partial charge in [0.25, 0.3) is 5.91 Å². The molecule has 6 nitrogen and oxygen atoms in total. The lowest BCUT2D eigenvalue weighted by Gasteiger charge is -2.16. The monoisotopic (exact) mass is 332 g/mol. The van der Waals surface area contributed by atoms with Gasteiger partial charge in [-0.3, -0.25) is 9.59 Å². The van der Waals surface area contributed by atoms with E-state index >= 15 is 0 Å². The molecule has 0 spiro atoms. The van der Waals surface area contributed by atoms with Crippen molar-refractivity contribution in [3.63, 3.8) is 0 Å². The third-order valence-electron chi connectivity index (χ3n) is 3.85. The number of ether oxygens (including phenoxy) is 1. The van der Waals surface area contributed by atoms with Gasteiger partial charge in [0.05, 0.1) is 5.56 Å². The molecule has 2 rings (SSSR count). The zero-order valence-corrected chi connectivity index (χ0v) is 14.2. The van der Waals surface area contributed by atoms with Crippen LogP contribution in [0.3, 0.4) is 0 Å². The summed E-state index contributed by atoms with van der Waals surface area (Å²) in [6, 6.07) is 6.74. The van der Waals surface area contributed by atoms with Gasteiger partial charge in [-0.1, -0.05) is 19.9 Å². The van der Waals surface area contributed by atoms with Crippen molar-refractivity contribution >= 4 is 23.5 Å². The molecule has 0 saturated carbocycles. The molecule has 1 aromatic carbocycles. The van der Waals surface area contributed by atoms with Crippen LogP contribution >= 0.6 is 0 Å². The third kappa shape index (κ3) is 5.08.